The molecule has 0 spiro atoms. The third-order valence-electron chi connectivity index (χ3n) is 1.35. The van der Waals surface area contributed by atoms with Crippen LogP contribution < -0.4 is 0 Å². The van der Waals surface area contributed by atoms with Gasteiger partial charge in [0.15, 0.2) is 6.29 Å². The lowest BCUT2D eigenvalue weighted by Crippen LogP contribution is -1.96. The largest absolute Gasteiger partial charge is 0.296 e. The number of halogens is 2. The number of carbonyl (C=O) groups excluding carboxylic acids is 1. The fraction of sp³-hybridized carbons (Fsp3) is 0.250. The van der Waals surface area contributed by atoms with Crippen molar-refractivity contribution >= 4 is 6.29 Å². The molecule has 2 nitrogen and oxygen atoms in total. The highest BCUT2D eigenvalue weighted by Crippen LogP contribution is 2.17. The van der Waals surface area contributed by atoms with Gasteiger partial charge < -0.3 is 0 Å². The van der Waals surface area contributed by atoms with E-state index in [1.54, 1.807) is 6.92 Å². The third kappa shape index (κ3) is 1.84. The summed E-state index contributed by atoms with van der Waals surface area (Å²) in [5.74, 6) is 0. The topological polar surface area (TPSA) is 30.0 Å². The summed E-state index contributed by atoms with van der Waals surface area (Å²) >= 11 is 0. The number of carbonyl (C=O) groups is 1. The van der Waals surface area contributed by atoms with E-state index in [9.17, 15) is 13.6 Å². The number of rotatable bonds is 2. The molecule has 1 rings (SSSR count). The summed E-state index contributed by atoms with van der Waals surface area (Å²) in [5, 5.41) is 0. The number of aldehydes is 1. The summed E-state index contributed by atoms with van der Waals surface area (Å²) in [4.78, 5) is 13.7. The maximum absolute atomic E-state index is 12.1. The Balaban J connectivity index is 3.14. The molecule has 0 aliphatic rings. The average molecular weight is 171 g/mol. The van der Waals surface area contributed by atoms with Gasteiger partial charge in [0.05, 0.1) is 0 Å². The maximum Gasteiger partial charge on any atom is 0.280 e. The van der Waals surface area contributed by atoms with E-state index in [4.69, 9.17) is 0 Å². The van der Waals surface area contributed by atoms with Crippen LogP contribution in [0.15, 0.2) is 12.1 Å². The van der Waals surface area contributed by atoms with E-state index in [0.717, 1.165) is 0 Å². The van der Waals surface area contributed by atoms with Gasteiger partial charge in [-0.25, -0.2) is 13.8 Å². The smallest absolute Gasteiger partial charge is 0.280 e. The number of aryl methyl sites for hydroxylation is 1. The standard InChI is InChI=1S/C8H7F2NO/c1-5-2-6(4-12)11-7(3-5)8(9)10/h2-4,8H,1H3. The maximum atomic E-state index is 12.1. The SMILES string of the molecule is Cc1cc(C=O)nc(C(F)F)c1. The van der Waals surface area contributed by atoms with Gasteiger partial charge in [-0.2, -0.15) is 0 Å². The molecule has 0 unspecified atom stereocenters. The number of nitrogens with zero attached hydrogens (tertiary/aromatic N) is 1. The van der Waals surface area contributed by atoms with E-state index in [-0.39, 0.29) is 11.4 Å². The zero-order valence-electron chi connectivity index (χ0n) is 6.42. The number of hydrogen-bond donors (Lipinski definition) is 0. The molecule has 1 heterocycles. The van der Waals surface area contributed by atoms with Crippen molar-refractivity contribution in [1.29, 1.82) is 0 Å². The number of pyridine rings is 1. The molecule has 1 aromatic heterocycles. The first-order chi connectivity index (χ1) is 5.63. The summed E-state index contributed by atoms with van der Waals surface area (Å²) in [5.41, 5.74) is 0.310. The predicted octanol–water partition coefficient (Wildman–Crippen LogP) is 2.14. The van der Waals surface area contributed by atoms with Crippen LogP contribution in [0.3, 0.4) is 0 Å². The van der Waals surface area contributed by atoms with Crippen LogP contribution in [0.25, 0.3) is 0 Å². The number of hydrogen-bond acceptors (Lipinski definition) is 2. The summed E-state index contributed by atoms with van der Waals surface area (Å²) in [6.07, 6.45) is -2.16. The Morgan fingerprint density at radius 2 is 2.17 bits per heavy atom. The first kappa shape index (κ1) is 8.77. The van der Waals surface area contributed by atoms with E-state index in [2.05, 4.69) is 4.98 Å². The molecule has 0 atom stereocenters. The highest BCUT2D eigenvalue weighted by Gasteiger charge is 2.09. The molecule has 0 saturated heterocycles. The van der Waals surface area contributed by atoms with Crippen molar-refractivity contribution in [3.63, 3.8) is 0 Å². The van der Waals surface area contributed by atoms with Gasteiger partial charge >= 0.3 is 0 Å². The van der Waals surface area contributed by atoms with E-state index >= 15 is 0 Å². The summed E-state index contributed by atoms with van der Waals surface area (Å²) < 4.78 is 24.2. The molecular weight excluding hydrogens is 164 g/mol. The Morgan fingerprint density at radius 1 is 1.50 bits per heavy atom. The van der Waals surface area contributed by atoms with Gasteiger partial charge in [-0.15, -0.1) is 0 Å². The van der Waals surface area contributed by atoms with E-state index in [0.29, 0.717) is 11.8 Å². The Labute approximate surface area is 68.2 Å². The summed E-state index contributed by atoms with van der Waals surface area (Å²) in [6.45, 7) is 1.64. The van der Waals surface area contributed by atoms with E-state index in [1.165, 1.54) is 12.1 Å². The molecular formula is C8H7F2NO. The van der Waals surface area contributed by atoms with Crippen LogP contribution in [0.4, 0.5) is 8.78 Å². The third-order valence-corrected chi connectivity index (χ3v) is 1.35. The number of alkyl halides is 2. The zero-order chi connectivity index (χ0) is 9.14. The fourth-order valence-corrected chi connectivity index (χ4v) is 0.894. The van der Waals surface area contributed by atoms with Crippen molar-refractivity contribution < 1.29 is 13.6 Å². The first-order valence-electron chi connectivity index (χ1n) is 3.35. The second kappa shape index (κ2) is 3.38. The lowest BCUT2D eigenvalue weighted by molar-refractivity contribution is 0.111. The minimum Gasteiger partial charge on any atom is -0.296 e. The fourth-order valence-electron chi connectivity index (χ4n) is 0.894. The van der Waals surface area contributed by atoms with Gasteiger partial charge in [0.2, 0.25) is 0 Å². The van der Waals surface area contributed by atoms with Crippen LogP contribution in [0.2, 0.25) is 0 Å². The minimum atomic E-state index is -2.62. The molecule has 0 amide bonds. The van der Waals surface area contributed by atoms with Crippen LogP contribution in [0, 0.1) is 6.92 Å². The van der Waals surface area contributed by atoms with Crippen LogP contribution in [-0.2, 0) is 0 Å². The van der Waals surface area contributed by atoms with Crippen LogP contribution in [0.5, 0.6) is 0 Å². The molecule has 0 fully saturated rings. The monoisotopic (exact) mass is 171 g/mol. The minimum absolute atomic E-state index is 0.0466. The highest BCUT2D eigenvalue weighted by molar-refractivity contribution is 5.72. The Hall–Kier alpha value is -1.32. The molecule has 0 radical (unpaired) electrons. The molecule has 0 N–H and O–H groups in total. The van der Waals surface area contributed by atoms with Gasteiger partial charge in [-0.1, -0.05) is 0 Å². The van der Waals surface area contributed by atoms with Crippen molar-refractivity contribution in [2.45, 2.75) is 13.3 Å². The molecule has 0 bridgehead atoms. The van der Waals surface area contributed by atoms with E-state index in [1.807, 2.05) is 0 Å². The lowest BCUT2D eigenvalue weighted by atomic mass is 10.2. The molecule has 0 aromatic carbocycles. The Kier molecular flexibility index (Phi) is 2.47. The first-order valence-corrected chi connectivity index (χ1v) is 3.35. The van der Waals surface area contributed by atoms with E-state index < -0.39 is 6.43 Å². The molecule has 4 heteroatoms. The Morgan fingerprint density at radius 3 is 2.67 bits per heavy atom. The van der Waals surface area contributed by atoms with Crippen molar-refractivity contribution in [2.75, 3.05) is 0 Å². The molecule has 1 aromatic rings. The quantitative estimate of drug-likeness (QED) is 0.638. The van der Waals surface area contributed by atoms with Crippen molar-refractivity contribution in [1.82, 2.24) is 4.98 Å². The average Bonchev–Trinajstić information content (AvgIpc) is 2.03. The van der Waals surface area contributed by atoms with Gasteiger partial charge in [0.25, 0.3) is 6.43 Å². The molecule has 12 heavy (non-hydrogen) atoms. The van der Waals surface area contributed by atoms with Crippen molar-refractivity contribution in [3.05, 3.63) is 29.1 Å². The van der Waals surface area contributed by atoms with Crippen LogP contribution >= 0.6 is 0 Å². The van der Waals surface area contributed by atoms with Crippen LogP contribution in [0.1, 0.15) is 28.2 Å². The van der Waals surface area contributed by atoms with Crippen molar-refractivity contribution in [2.24, 2.45) is 0 Å². The molecule has 0 aliphatic heterocycles. The van der Waals surface area contributed by atoms with Gasteiger partial charge in [0.1, 0.15) is 11.4 Å². The van der Waals surface area contributed by atoms with Crippen LogP contribution in [-0.4, -0.2) is 11.3 Å². The predicted molar refractivity (Wildman–Crippen MR) is 39.3 cm³/mol. The van der Waals surface area contributed by atoms with Gasteiger partial charge in [0, 0.05) is 0 Å². The normalized spacial score (nSPS) is 10.3. The lowest BCUT2D eigenvalue weighted by Gasteiger charge is -2.00. The molecule has 64 valence electrons. The van der Waals surface area contributed by atoms with Gasteiger partial charge in [-0.3, -0.25) is 4.79 Å². The van der Waals surface area contributed by atoms with Crippen molar-refractivity contribution in [3.8, 4) is 0 Å². The zero-order valence-corrected chi connectivity index (χ0v) is 6.42. The summed E-state index contributed by atoms with van der Waals surface area (Å²) in [6, 6.07) is 2.72. The Bertz CT molecular complexity index is 299. The molecule has 0 saturated carbocycles. The second-order valence-electron chi connectivity index (χ2n) is 2.41. The molecule has 0 aliphatic carbocycles. The van der Waals surface area contributed by atoms with Gasteiger partial charge in [-0.05, 0) is 24.6 Å². The second-order valence-corrected chi connectivity index (χ2v) is 2.41. The summed E-state index contributed by atoms with van der Waals surface area (Å²) in [7, 11) is 0. The number of aromatic nitrogens is 1. The highest BCUT2D eigenvalue weighted by atomic mass is 19.3.